The molecule has 4 atom stereocenters. The molecular formula is C22H26Cl2N2O4S. The van der Waals surface area contributed by atoms with Crippen LogP contribution in [0.5, 0.6) is 0 Å². The normalized spacial score (nSPS) is 22.2. The summed E-state index contributed by atoms with van der Waals surface area (Å²) in [5.74, 6) is -1.59. The molecule has 0 aliphatic carbocycles. The van der Waals surface area contributed by atoms with Gasteiger partial charge in [-0.15, -0.1) is 11.3 Å². The van der Waals surface area contributed by atoms with E-state index in [1.165, 1.54) is 16.2 Å². The molecule has 2 aromatic rings. The number of carbonyl (C=O) groups excluding carboxylic acids is 1. The Kier molecular flexibility index (Phi) is 7.97. The first kappa shape index (κ1) is 24.0. The molecule has 1 N–H and O–H groups in total. The number of aromatic nitrogens is 1. The Morgan fingerprint density at radius 3 is 2.61 bits per heavy atom. The molecule has 0 spiro atoms. The molecule has 1 aromatic carbocycles. The maximum absolute atomic E-state index is 13.2. The summed E-state index contributed by atoms with van der Waals surface area (Å²) in [4.78, 5) is 30.7. The zero-order chi connectivity index (χ0) is 22.7. The topological polar surface area (TPSA) is 79.7 Å². The van der Waals surface area contributed by atoms with Crippen LogP contribution in [0.2, 0.25) is 10.0 Å². The Hall–Kier alpha value is -1.67. The number of benzene rings is 1. The minimum Gasteiger partial charge on any atom is -0.481 e. The second kappa shape index (κ2) is 10.3. The van der Waals surface area contributed by atoms with E-state index >= 15 is 0 Å². The van der Waals surface area contributed by atoms with Crippen LogP contribution in [0.25, 0.3) is 11.3 Å². The van der Waals surface area contributed by atoms with E-state index in [1.807, 2.05) is 19.2 Å². The molecule has 31 heavy (non-hydrogen) atoms. The molecule has 1 saturated heterocycles. The van der Waals surface area contributed by atoms with Gasteiger partial charge in [0.05, 0.1) is 29.3 Å². The average Bonchev–Trinajstić information content (AvgIpc) is 3.17. The van der Waals surface area contributed by atoms with Crippen molar-refractivity contribution in [1.29, 1.82) is 0 Å². The molecule has 6 nitrogen and oxygen atoms in total. The number of amides is 1. The summed E-state index contributed by atoms with van der Waals surface area (Å²) in [5.41, 5.74) is 1.30. The van der Waals surface area contributed by atoms with Gasteiger partial charge in [-0.05, 0) is 57.2 Å². The van der Waals surface area contributed by atoms with E-state index in [9.17, 15) is 14.7 Å². The zero-order valence-corrected chi connectivity index (χ0v) is 20.0. The maximum atomic E-state index is 13.2. The third-order valence-corrected chi connectivity index (χ3v) is 6.98. The third-order valence-electron chi connectivity index (χ3n) is 5.50. The van der Waals surface area contributed by atoms with E-state index in [2.05, 4.69) is 4.98 Å². The van der Waals surface area contributed by atoms with Crippen LogP contribution in [0.3, 0.4) is 0 Å². The van der Waals surface area contributed by atoms with Crippen LogP contribution < -0.4 is 4.90 Å². The van der Waals surface area contributed by atoms with Gasteiger partial charge in [0.1, 0.15) is 0 Å². The third kappa shape index (κ3) is 6.19. The minimum atomic E-state index is -0.981. The highest BCUT2D eigenvalue weighted by Crippen LogP contribution is 2.35. The number of nitrogens with zero attached hydrogens (tertiary/aromatic N) is 2. The Balaban J connectivity index is 1.77. The SMILES string of the molecule is C[C@@H]1CC(C[C@H](CC(=O)O)C(=O)N(C)c2nc(-c3cc(Cl)ccc3Cl)cs2)C[C@H](C)O1. The summed E-state index contributed by atoms with van der Waals surface area (Å²) in [5, 5.41) is 12.7. The highest BCUT2D eigenvalue weighted by Gasteiger charge is 2.33. The highest BCUT2D eigenvalue weighted by atomic mass is 35.5. The van der Waals surface area contributed by atoms with E-state index in [4.69, 9.17) is 27.9 Å². The maximum Gasteiger partial charge on any atom is 0.304 e. The number of thiazole rings is 1. The number of hydrogen-bond donors (Lipinski definition) is 1. The molecule has 9 heteroatoms. The molecule has 1 amide bonds. The van der Waals surface area contributed by atoms with Gasteiger partial charge in [-0.1, -0.05) is 23.2 Å². The number of rotatable bonds is 7. The molecule has 1 unspecified atom stereocenters. The first-order chi connectivity index (χ1) is 14.6. The van der Waals surface area contributed by atoms with Gasteiger partial charge >= 0.3 is 5.97 Å². The predicted molar refractivity (Wildman–Crippen MR) is 124 cm³/mol. The van der Waals surface area contributed by atoms with Crippen molar-refractivity contribution in [2.45, 2.75) is 51.7 Å². The Labute approximate surface area is 196 Å². The zero-order valence-electron chi connectivity index (χ0n) is 17.7. The van der Waals surface area contributed by atoms with Crippen molar-refractivity contribution in [3.8, 4) is 11.3 Å². The monoisotopic (exact) mass is 484 g/mol. The van der Waals surface area contributed by atoms with Crippen molar-refractivity contribution in [3.63, 3.8) is 0 Å². The summed E-state index contributed by atoms with van der Waals surface area (Å²) < 4.78 is 5.78. The van der Waals surface area contributed by atoms with Gasteiger partial charge in [-0.3, -0.25) is 14.5 Å². The first-order valence-electron chi connectivity index (χ1n) is 10.2. The van der Waals surface area contributed by atoms with Crippen LogP contribution >= 0.6 is 34.5 Å². The van der Waals surface area contributed by atoms with Gasteiger partial charge in [-0.2, -0.15) is 0 Å². The van der Waals surface area contributed by atoms with Crippen LogP contribution in [-0.2, 0) is 14.3 Å². The number of aliphatic carboxylic acids is 1. The lowest BCUT2D eigenvalue weighted by atomic mass is 9.83. The minimum absolute atomic E-state index is 0.107. The number of ether oxygens (including phenoxy) is 1. The Morgan fingerprint density at radius 1 is 1.29 bits per heavy atom. The van der Waals surface area contributed by atoms with Crippen LogP contribution in [0, 0.1) is 11.8 Å². The molecule has 1 aliphatic heterocycles. The van der Waals surface area contributed by atoms with Crippen molar-refractivity contribution >= 4 is 51.5 Å². The van der Waals surface area contributed by atoms with Crippen molar-refractivity contribution in [2.75, 3.05) is 11.9 Å². The van der Waals surface area contributed by atoms with E-state index in [0.717, 1.165) is 12.8 Å². The van der Waals surface area contributed by atoms with Gasteiger partial charge in [0.15, 0.2) is 5.13 Å². The smallest absolute Gasteiger partial charge is 0.304 e. The molecule has 1 aliphatic rings. The fraction of sp³-hybridized carbons (Fsp3) is 0.500. The molecule has 0 radical (unpaired) electrons. The molecule has 1 aromatic heterocycles. The van der Waals surface area contributed by atoms with E-state index < -0.39 is 11.9 Å². The predicted octanol–water partition coefficient (Wildman–Crippen LogP) is 5.76. The molecule has 1 fully saturated rings. The molecular weight excluding hydrogens is 459 g/mol. The summed E-state index contributed by atoms with van der Waals surface area (Å²) >= 11 is 13.7. The Morgan fingerprint density at radius 2 is 1.97 bits per heavy atom. The quantitative estimate of drug-likeness (QED) is 0.539. The number of halogens is 2. The summed E-state index contributed by atoms with van der Waals surface area (Å²) in [6.45, 7) is 4.03. The average molecular weight is 485 g/mol. The van der Waals surface area contributed by atoms with Gasteiger partial charge < -0.3 is 9.84 Å². The lowest BCUT2D eigenvalue weighted by Crippen LogP contribution is -2.37. The van der Waals surface area contributed by atoms with E-state index in [1.54, 1.807) is 25.2 Å². The fourth-order valence-electron chi connectivity index (χ4n) is 4.22. The molecule has 168 valence electrons. The van der Waals surface area contributed by atoms with Gasteiger partial charge in [0.2, 0.25) is 5.91 Å². The van der Waals surface area contributed by atoms with Gasteiger partial charge in [0.25, 0.3) is 0 Å². The number of anilines is 1. The van der Waals surface area contributed by atoms with E-state index in [-0.39, 0.29) is 30.5 Å². The number of hydrogen-bond acceptors (Lipinski definition) is 5. The number of carboxylic acid groups (broad SMARTS) is 1. The number of carbonyl (C=O) groups is 2. The van der Waals surface area contributed by atoms with Crippen molar-refractivity contribution < 1.29 is 19.4 Å². The lowest BCUT2D eigenvalue weighted by molar-refractivity contribution is -0.141. The molecule has 3 rings (SSSR count). The van der Waals surface area contributed by atoms with Crippen LogP contribution in [0.4, 0.5) is 5.13 Å². The highest BCUT2D eigenvalue weighted by molar-refractivity contribution is 7.14. The second-order valence-electron chi connectivity index (χ2n) is 8.16. The second-order valence-corrected chi connectivity index (χ2v) is 9.84. The largest absolute Gasteiger partial charge is 0.481 e. The lowest BCUT2D eigenvalue weighted by Gasteiger charge is -2.34. The molecule has 0 saturated carbocycles. The summed E-state index contributed by atoms with van der Waals surface area (Å²) in [6.07, 6.45) is 2.18. The van der Waals surface area contributed by atoms with Crippen LogP contribution in [0.1, 0.15) is 39.5 Å². The van der Waals surface area contributed by atoms with Crippen molar-refractivity contribution in [2.24, 2.45) is 11.8 Å². The van der Waals surface area contributed by atoms with Gasteiger partial charge in [-0.25, -0.2) is 4.98 Å². The first-order valence-corrected chi connectivity index (χ1v) is 11.8. The molecule has 0 bridgehead atoms. The summed E-state index contributed by atoms with van der Waals surface area (Å²) in [6, 6.07) is 5.13. The van der Waals surface area contributed by atoms with Crippen LogP contribution in [-0.4, -0.2) is 41.2 Å². The number of carboxylic acids is 1. The Bertz CT molecular complexity index is 941. The standard InChI is InChI=1S/C22H26Cl2N2O4S/c1-12-6-14(7-13(2)30-12)8-15(9-20(27)28)21(29)26(3)22-25-19(11-31-22)17-10-16(23)4-5-18(17)24/h4-5,10-15H,6-9H2,1-3H3,(H,27,28)/t12-,13+,14?,15-/m1/s1. The van der Waals surface area contributed by atoms with Crippen molar-refractivity contribution in [3.05, 3.63) is 33.6 Å². The van der Waals surface area contributed by atoms with Crippen LogP contribution in [0.15, 0.2) is 23.6 Å². The summed E-state index contributed by atoms with van der Waals surface area (Å²) in [7, 11) is 1.63. The fourth-order valence-corrected chi connectivity index (χ4v) is 5.41. The van der Waals surface area contributed by atoms with Gasteiger partial charge in [0, 0.05) is 28.9 Å². The van der Waals surface area contributed by atoms with E-state index in [0.29, 0.717) is 32.9 Å². The molecule has 2 heterocycles. The van der Waals surface area contributed by atoms with Crippen molar-refractivity contribution in [1.82, 2.24) is 4.98 Å².